The third kappa shape index (κ3) is 4.86. The number of esters is 1. The number of nitrogens with one attached hydrogen (secondary N) is 2. The van der Waals surface area contributed by atoms with Crippen molar-refractivity contribution >= 4 is 38.4 Å². The van der Waals surface area contributed by atoms with Gasteiger partial charge in [0, 0.05) is 11.6 Å². The van der Waals surface area contributed by atoms with Crippen LogP contribution < -0.4 is 14.8 Å². The number of nitrogens with zero attached hydrogens (tertiary/aromatic N) is 1. The van der Waals surface area contributed by atoms with E-state index in [9.17, 15) is 18.0 Å². The smallest absolute Gasteiger partial charge is 0.350 e. The van der Waals surface area contributed by atoms with Crippen molar-refractivity contribution in [3.8, 4) is 5.75 Å². The summed E-state index contributed by atoms with van der Waals surface area (Å²) in [6.07, 6.45) is 0. The maximum Gasteiger partial charge on any atom is 0.350 e. The Bertz CT molecular complexity index is 998. The van der Waals surface area contributed by atoms with E-state index in [0.717, 1.165) is 11.3 Å². The Morgan fingerprint density at radius 1 is 1.21 bits per heavy atom. The molecule has 0 saturated heterocycles. The van der Waals surface area contributed by atoms with E-state index in [4.69, 9.17) is 4.74 Å². The number of ether oxygens (including phenoxy) is 2. The van der Waals surface area contributed by atoms with Crippen LogP contribution in [0.3, 0.4) is 0 Å². The van der Waals surface area contributed by atoms with Crippen LogP contribution in [0, 0.1) is 6.92 Å². The summed E-state index contributed by atoms with van der Waals surface area (Å²) in [5.74, 6) is -1.01. The summed E-state index contributed by atoms with van der Waals surface area (Å²) in [5.41, 5.74) is 0.517. The number of carbonyl (C=O) groups is 2. The van der Waals surface area contributed by atoms with Crippen molar-refractivity contribution in [2.75, 3.05) is 19.5 Å². The molecule has 2 aromatic rings. The van der Waals surface area contributed by atoms with Crippen LogP contribution in [0.1, 0.15) is 39.6 Å². The second-order valence-electron chi connectivity index (χ2n) is 6.02. The summed E-state index contributed by atoms with van der Waals surface area (Å²) in [5, 5.41) is 2.76. The lowest BCUT2D eigenvalue weighted by atomic mass is 10.2. The number of sulfonamides is 1. The quantitative estimate of drug-likeness (QED) is 0.649. The van der Waals surface area contributed by atoms with E-state index in [0.29, 0.717) is 5.69 Å². The van der Waals surface area contributed by atoms with E-state index < -0.39 is 21.9 Å². The molecule has 0 fully saturated rings. The molecule has 11 heteroatoms. The molecule has 0 unspecified atom stereocenters. The molecule has 0 aliphatic rings. The minimum absolute atomic E-state index is 0.0948. The largest absolute Gasteiger partial charge is 0.495 e. The van der Waals surface area contributed by atoms with Crippen molar-refractivity contribution in [1.29, 1.82) is 0 Å². The predicted octanol–water partition coefficient (Wildman–Crippen LogP) is 2.19. The Balaban J connectivity index is 2.34. The molecule has 0 aliphatic heterocycles. The van der Waals surface area contributed by atoms with Gasteiger partial charge in [0.1, 0.15) is 15.5 Å². The summed E-state index contributed by atoms with van der Waals surface area (Å²) in [6.45, 7) is 4.99. The summed E-state index contributed by atoms with van der Waals surface area (Å²) in [7, 11) is -1.28. The van der Waals surface area contributed by atoms with Crippen LogP contribution in [-0.4, -0.2) is 45.5 Å². The van der Waals surface area contributed by atoms with Crippen molar-refractivity contribution < 1.29 is 27.5 Å². The van der Waals surface area contributed by atoms with Gasteiger partial charge >= 0.3 is 5.97 Å². The third-order valence-electron chi connectivity index (χ3n) is 3.49. The molecule has 0 saturated carbocycles. The fourth-order valence-corrected chi connectivity index (χ4v) is 4.63. The van der Waals surface area contributed by atoms with Crippen molar-refractivity contribution in [3.05, 3.63) is 34.3 Å². The second-order valence-corrected chi connectivity index (χ2v) is 8.70. The van der Waals surface area contributed by atoms with Gasteiger partial charge in [-0.05, 0) is 39.0 Å². The zero-order chi connectivity index (χ0) is 21.1. The standard InChI is InChI=1S/C17H21N3O6S2/c1-9(2)20-28(23,24)13-8-11(6-7-12(13)25-4)15(21)19-17-18-10(3)14(27-17)16(22)26-5/h6-9,20H,1-5H3,(H,18,19,21). The van der Waals surface area contributed by atoms with E-state index in [2.05, 4.69) is 19.8 Å². The Hall–Kier alpha value is -2.50. The van der Waals surface area contributed by atoms with Crippen LogP contribution in [0.15, 0.2) is 23.1 Å². The second kappa shape index (κ2) is 8.67. The summed E-state index contributed by atoms with van der Waals surface area (Å²) in [6, 6.07) is 3.73. The highest BCUT2D eigenvalue weighted by atomic mass is 32.2. The average molecular weight is 428 g/mol. The van der Waals surface area contributed by atoms with Crippen molar-refractivity contribution in [2.45, 2.75) is 31.7 Å². The first kappa shape index (κ1) is 21.8. The van der Waals surface area contributed by atoms with Gasteiger partial charge < -0.3 is 9.47 Å². The maximum atomic E-state index is 12.6. The maximum absolute atomic E-state index is 12.6. The molecule has 1 aromatic heterocycles. The number of aromatic nitrogens is 1. The molecule has 0 radical (unpaired) electrons. The van der Waals surface area contributed by atoms with Gasteiger partial charge in [-0.1, -0.05) is 11.3 Å². The van der Waals surface area contributed by atoms with Crippen LogP contribution in [-0.2, 0) is 14.8 Å². The predicted molar refractivity (Wildman–Crippen MR) is 105 cm³/mol. The lowest BCUT2D eigenvalue weighted by Crippen LogP contribution is -2.30. The number of amides is 1. The first-order chi connectivity index (χ1) is 13.1. The van der Waals surface area contributed by atoms with Crippen molar-refractivity contribution in [2.24, 2.45) is 0 Å². The van der Waals surface area contributed by atoms with Gasteiger partial charge in [0.2, 0.25) is 10.0 Å². The zero-order valence-electron chi connectivity index (χ0n) is 16.0. The molecule has 0 bridgehead atoms. The average Bonchev–Trinajstić information content (AvgIpc) is 2.99. The van der Waals surface area contributed by atoms with Crippen molar-refractivity contribution in [1.82, 2.24) is 9.71 Å². The van der Waals surface area contributed by atoms with Gasteiger partial charge in [0.25, 0.3) is 5.91 Å². The molecule has 2 N–H and O–H groups in total. The minimum Gasteiger partial charge on any atom is -0.495 e. The molecule has 1 heterocycles. The number of hydrogen-bond donors (Lipinski definition) is 2. The van der Waals surface area contributed by atoms with Crippen LogP contribution in [0.2, 0.25) is 0 Å². The Labute approximate surface area is 167 Å². The molecule has 0 spiro atoms. The van der Waals surface area contributed by atoms with Crippen LogP contribution in [0.4, 0.5) is 5.13 Å². The summed E-state index contributed by atoms with van der Waals surface area (Å²) in [4.78, 5) is 28.5. The highest BCUT2D eigenvalue weighted by Crippen LogP contribution is 2.27. The summed E-state index contributed by atoms with van der Waals surface area (Å²) >= 11 is 0.968. The molecular formula is C17H21N3O6S2. The normalized spacial score (nSPS) is 11.4. The van der Waals surface area contributed by atoms with Gasteiger partial charge in [-0.15, -0.1) is 0 Å². The topological polar surface area (TPSA) is 124 Å². The molecule has 2 rings (SSSR count). The van der Waals surface area contributed by atoms with E-state index in [1.807, 2.05) is 0 Å². The molecule has 9 nitrogen and oxygen atoms in total. The van der Waals surface area contributed by atoms with E-state index in [1.54, 1.807) is 20.8 Å². The van der Waals surface area contributed by atoms with Gasteiger partial charge in [-0.25, -0.2) is 22.9 Å². The Kier molecular flexibility index (Phi) is 6.75. The van der Waals surface area contributed by atoms with Crippen LogP contribution in [0.25, 0.3) is 0 Å². The van der Waals surface area contributed by atoms with E-state index in [1.165, 1.54) is 32.4 Å². The molecule has 1 amide bonds. The molecule has 0 atom stereocenters. The molecule has 28 heavy (non-hydrogen) atoms. The number of hydrogen-bond acceptors (Lipinski definition) is 8. The molecule has 1 aromatic carbocycles. The fraction of sp³-hybridized carbons (Fsp3) is 0.353. The van der Waals surface area contributed by atoms with Gasteiger partial charge in [-0.3, -0.25) is 10.1 Å². The zero-order valence-corrected chi connectivity index (χ0v) is 17.7. The number of benzene rings is 1. The highest BCUT2D eigenvalue weighted by molar-refractivity contribution is 7.89. The molecule has 0 aliphatic carbocycles. The van der Waals surface area contributed by atoms with Gasteiger partial charge in [0.15, 0.2) is 5.13 Å². The van der Waals surface area contributed by atoms with Crippen LogP contribution >= 0.6 is 11.3 Å². The van der Waals surface area contributed by atoms with Crippen molar-refractivity contribution in [3.63, 3.8) is 0 Å². The Morgan fingerprint density at radius 2 is 1.89 bits per heavy atom. The van der Waals surface area contributed by atoms with Crippen LogP contribution in [0.5, 0.6) is 5.75 Å². The molecular weight excluding hydrogens is 406 g/mol. The number of methoxy groups -OCH3 is 2. The highest BCUT2D eigenvalue weighted by Gasteiger charge is 2.23. The number of aryl methyl sites for hydroxylation is 1. The number of rotatable bonds is 7. The lowest BCUT2D eigenvalue weighted by molar-refractivity contribution is 0.0605. The number of thiazole rings is 1. The Morgan fingerprint density at radius 3 is 2.46 bits per heavy atom. The minimum atomic E-state index is -3.88. The van der Waals surface area contributed by atoms with Gasteiger partial charge in [0.05, 0.1) is 19.9 Å². The first-order valence-corrected chi connectivity index (χ1v) is 10.5. The molecule has 152 valence electrons. The first-order valence-electron chi connectivity index (χ1n) is 8.16. The SMILES string of the molecule is COC(=O)c1sc(NC(=O)c2ccc(OC)c(S(=O)(=O)NC(C)C)c2)nc1C. The van der Waals surface area contributed by atoms with Gasteiger partial charge in [-0.2, -0.15) is 0 Å². The van der Waals surface area contributed by atoms with E-state index in [-0.39, 0.29) is 32.3 Å². The number of carbonyl (C=O) groups excluding carboxylic acids is 2. The third-order valence-corrected chi connectivity index (χ3v) is 6.23. The number of anilines is 1. The fourth-order valence-electron chi connectivity index (χ4n) is 2.30. The summed E-state index contributed by atoms with van der Waals surface area (Å²) < 4.78 is 37.3. The lowest BCUT2D eigenvalue weighted by Gasteiger charge is -2.14. The monoisotopic (exact) mass is 427 g/mol. The van der Waals surface area contributed by atoms with E-state index >= 15 is 0 Å².